The molecular weight excluding hydrogens is 866 g/mol. The highest BCUT2D eigenvalue weighted by atomic mass is 31.0. The van der Waals surface area contributed by atoms with Crippen molar-refractivity contribution in [2.45, 2.75) is 125 Å². The highest BCUT2D eigenvalue weighted by Crippen LogP contribution is 2.57. The van der Waals surface area contributed by atoms with Gasteiger partial charge in [0, 0.05) is 16.7 Å². The number of hydrogen-bond acceptors (Lipinski definition) is 3. The normalized spacial score (nSPS) is 18.4. The fourth-order valence-corrected chi connectivity index (χ4v) is 12.3. The maximum Gasteiger partial charge on any atom is 0.164 e. The topological polar surface area (TPSA) is 38.7 Å². The van der Waals surface area contributed by atoms with E-state index >= 15 is 0 Å². The summed E-state index contributed by atoms with van der Waals surface area (Å²) >= 11 is 0. The summed E-state index contributed by atoms with van der Waals surface area (Å²) in [4.78, 5) is 16.3. The van der Waals surface area contributed by atoms with E-state index in [1.54, 1.807) is 5.30 Å². The molecule has 5 aromatic carbocycles. The molecule has 354 valence electrons. The van der Waals surface area contributed by atoms with E-state index < -0.39 is 5.41 Å². The predicted octanol–water partition coefficient (Wildman–Crippen LogP) is 18.6. The minimum Gasteiger partial charge on any atom is -0.208 e. The molecule has 3 nitrogen and oxygen atoms in total. The largest absolute Gasteiger partial charge is 0.208 e. The van der Waals surface area contributed by atoms with E-state index in [4.69, 9.17) is 15.0 Å². The lowest BCUT2D eigenvalue weighted by Gasteiger charge is -2.35. The van der Waals surface area contributed by atoms with E-state index in [0.717, 1.165) is 53.5 Å². The molecule has 0 fully saturated rings. The summed E-state index contributed by atoms with van der Waals surface area (Å²) in [5.41, 5.74) is 17.9. The molecule has 4 heteroatoms. The molecule has 0 bridgehead atoms. The van der Waals surface area contributed by atoms with Crippen LogP contribution >= 0.6 is 8.19 Å². The quantitative estimate of drug-likeness (QED) is 0.160. The maximum atomic E-state index is 5.49. The van der Waals surface area contributed by atoms with Gasteiger partial charge >= 0.3 is 0 Å². The van der Waals surface area contributed by atoms with Crippen LogP contribution in [0.2, 0.25) is 0 Å². The van der Waals surface area contributed by atoms with Gasteiger partial charge in [0.25, 0.3) is 0 Å². The molecule has 2 heterocycles. The van der Waals surface area contributed by atoms with E-state index in [9.17, 15) is 0 Å². The Hall–Kier alpha value is -6.41. The van der Waals surface area contributed by atoms with Crippen LogP contribution in [0.4, 0.5) is 0 Å². The number of fused-ring (bicyclic) bond motifs is 8. The molecule has 0 N–H and O–H groups in total. The van der Waals surface area contributed by atoms with Gasteiger partial charge in [-0.2, -0.15) is 0 Å². The van der Waals surface area contributed by atoms with E-state index in [1.165, 1.54) is 72.6 Å². The maximum absolute atomic E-state index is 5.49. The minimum atomic E-state index is -0.550. The van der Waals surface area contributed by atoms with Gasteiger partial charge in [-0.15, -0.1) is 8.19 Å². The Kier molecular flexibility index (Phi) is 13.7. The first-order valence-electron chi connectivity index (χ1n) is 25.8. The number of allylic oxidation sites excluding steroid dienone is 11. The molecule has 70 heavy (non-hydrogen) atoms. The van der Waals surface area contributed by atoms with Gasteiger partial charge in [-0.05, 0) is 145 Å². The first-order valence-corrected chi connectivity index (χ1v) is 26.8. The lowest BCUT2D eigenvalue weighted by atomic mass is 9.67. The lowest BCUT2D eigenvalue weighted by molar-refractivity contribution is 0.586. The van der Waals surface area contributed by atoms with Crippen molar-refractivity contribution in [3.63, 3.8) is 0 Å². The molecule has 3 aliphatic rings. The Bertz CT molecular complexity index is 3230. The van der Waals surface area contributed by atoms with Gasteiger partial charge in [-0.1, -0.05) is 215 Å². The first kappa shape index (κ1) is 48.6. The molecule has 0 radical (unpaired) electrons. The summed E-state index contributed by atoms with van der Waals surface area (Å²) in [7, 11) is 0.668. The van der Waals surface area contributed by atoms with Crippen molar-refractivity contribution >= 4 is 30.3 Å². The van der Waals surface area contributed by atoms with Crippen molar-refractivity contribution in [3.05, 3.63) is 207 Å². The smallest absolute Gasteiger partial charge is 0.164 e. The number of aromatic nitrogens is 3. The van der Waals surface area contributed by atoms with Crippen molar-refractivity contribution < 1.29 is 0 Å². The Morgan fingerprint density at radius 1 is 0.643 bits per heavy atom. The predicted molar refractivity (Wildman–Crippen MR) is 304 cm³/mol. The minimum absolute atomic E-state index is 0.0241. The fourth-order valence-electron chi connectivity index (χ4n) is 10.7. The van der Waals surface area contributed by atoms with Crippen LogP contribution in [0.25, 0.3) is 67.2 Å². The van der Waals surface area contributed by atoms with Crippen molar-refractivity contribution in [2.24, 2.45) is 0 Å². The standard InChI is InChI=1S/C64H64N3P.C2H6/c1-10-12-28-54-48(11-2)41(3)49(26-19-20-36-64(54)55-39-46(62(4,5)6)31-34-50(55)51-35-32-47(40-56(51)64)63(7,8)9)61-66-59(44-25-21-24-43(37-44)42-22-15-13-16-23-42)65-60(67-61)45-30-33-53-52-27-17-14-18-29-57(52)68-58(53)38-45;1-2/h12-13,15-17,19-28,30-40,68H,10-11,14,18,29H2,1-9H3;1-2H3/b26-19-,28-12-,36-20+,49-41-,54-48-;. The van der Waals surface area contributed by atoms with Crippen molar-refractivity contribution in [1.29, 1.82) is 0 Å². The Morgan fingerprint density at radius 2 is 1.27 bits per heavy atom. The van der Waals surface area contributed by atoms with Crippen LogP contribution in [-0.2, 0) is 22.7 Å². The summed E-state index contributed by atoms with van der Waals surface area (Å²) in [5, 5.41) is 4.31. The van der Waals surface area contributed by atoms with Crippen LogP contribution < -0.4 is 0 Å². The summed E-state index contributed by atoms with van der Waals surface area (Å²) in [5.74, 6) is 2.03. The van der Waals surface area contributed by atoms with Gasteiger partial charge in [-0.3, -0.25) is 0 Å². The van der Waals surface area contributed by atoms with Gasteiger partial charge in [0.2, 0.25) is 0 Å². The molecule has 10 rings (SSSR count). The zero-order valence-electron chi connectivity index (χ0n) is 43.4. The third-order valence-electron chi connectivity index (χ3n) is 14.5. The third-order valence-corrected chi connectivity index (χ3v) is 16.0. The molecule has 0 aliphatic heterocycles. The molecule has 0 amide bonds. The third kappa shape index (κ3) is 8.99. The monoisotopic (exact) mass is 936 g/mol. The highest BCUT2D eigenvalue weighted by molar-refractivity contribution is 7.38. The second-order valence-corrected chi connectivity index (χ2v) is 22.4. The molecule has 1 spiro atoms. The van der Waals surface area contributed by atoms with E-state index in [2.05, 4.69) is 220 Å². The number of rotatable bonds is 7. The average Bonchev–Trinajstić information content (AvgIpc) is 3.76. The van der Waals surface area contributed by atoms with Gasteiger partial charge in [0.15, 0.2) is 17.5 Å². The first-order chi connectivity index (χ1) is 33.8. The fraction of sp³-hybridized carbons (Fsp3) is 0.288. The summed E-state index contributed by atoms with van der Waals surface area (Å²) in [6.07, 6.45) is 24.0. The van der Waals surface area contributed by atoms with E-state index in [-0.39, 0.29) is 10.8 Å². The molecule has 0 saturated heterocycles. The van der Waals surface area contributed by atoms with Crippen LogP contribution in [0.1, 0.15) is 141 Å². The van der Waals surface area contributed by atoms with Crippen molar-refractivity contribution in [2.75, 3.05) is 0 Å². The van der Waals surface area contributed by atoms with E-state index in [0.29, 0.717) is 25.7 Å². The van der Waals surface area contributed by atoms with Crippen LogP contribution in [0.5, 0.6) is 0 Å². The van der Waals surface area contributed by atoms with Crippen LogP contribution in [-0.4, -0.2) is 15.0 Å². The van der Waals surface area contributed by atoms with Gasteiger partial charge in [0.05, 0.1) is 5.41 Å². The van der Waals surface area contributed by atoms with Crippen LogP contribution in [0, 0.1) is 0 Å². The number of benzene rings is 5. The molecule has 3 aliphatic carbocycles. The second-order valence-electron chi connectivity index (χ2n) is 21.0. The Morgan fingerprint density at radius 3 is 1.91 bits per heavy atom. The Labute approximate surface area is 420 Å². The molecule has 1 atom stereocenters. The Balaban J connectivity index is 0.00000300. The zero-order valence-corrected chi connectivity index (χ0v) is 44.4. The molecule has 7 aromatic rings. The molecule has 1 unspecified atom stereocenters. The van der Waals surface area contributed by atoms with Gasteiger partial charge in [-0.25, -0.2) is 15.0 Å². The van der Waals surface area contributed by atoms with Crippen LogP contribution in [0.15, 0.2) is 168 Å². The molecule has 2 aromatic heterocycles. The summed E-state index contributed by atoms with van der Waals surface area (Å²) in [6, 6.07) is 40.6. The van der Waals surface area contributed by atoms with Crippen molar-refractivity contribution in [1.82, 2.24) is 15.0 Å². The van der Waals surface area contributed by atoms with Crippen molar-refractivity contribution in [3.8, 4) is 45.0 Å². The van der Waals surface area contributed by atoms with E-state index in [1.807, 2.05) is 13.8 Å². The second kappa shape index (κ2) is 19.8. The lowest BCUT2D eigenvalue weighted by Crippen LogP contribution is -2.28. The number of aryl methyl sites for hydroxylation is 1. The number of nitrogens with zero attached hydrogens (tertiary/aromatic N) is 3. The molecule has 0 saturated carbocycles. The van der Waals surface area contributed by atoms with Gasteiger partial charge in [0.1, 0.15) is 0 Å². The van der Waals surface area contributed by atoms with Crippen LogP contribution in [0.3, 0.4) is 0 Å². The summed E-state index contributed by atoms with van der Waals surface area (Å²) in [6.45, 7) is 24.8. The highest BCUT2D eigenvalue weighted by Gasteiger charge is 2.46. The average molecular weight is 936 g/mol. The summed E-state index contributed by atoms with van der Waals surface area (Å²) < 4.78 is 0. The number of hydrogen-bond donors (Lipinski definition) is 0. The zero-order chi connectivity index (χ0) is 49.4. The van der Waals surface area contributed by atoms with Gasteiger partial charge < -0.3 is 0 Å². The SMILES string of the molecule is CC.CC\C=C/C1=C(CC)/C(C)=C(c2nc(-c3cccc(-c4ccccc4)c3)nc(-c3ccc4c5c([pH]c4c3)CCCC=C5)n2)/C=C\C=C\C12c1cc(C(C)(C)C)ccc1-c1ccc(C(C)(C)C)cc12. The molecular formula is C66H70N3P.